The lowest BCUT2D eigenvalue weighted by atomic mass is 9.88. The summed E-state index contributed by atoms with van der Waals surface area (Å²) >= 11 is 0. The molecule has 0 aliphatic carbocycles. The van der Waals surface area contributed by atoms with Gasteiger partial charge >= 0.3 is 12.1 Å². The molecule has 5 nitrogen and oxygen atoms in total. The van der Waals surface area contributed by atoms with E-state index in [0.29, 0.717) is 6.42 Å². The highest BCUT2D eigenvalue weighted by atomic mass is 16.7. The molecule has 5 heteroatoms. The molecule has 0 fully saturated rings. The summed E-state index contributed by atoms with van der Waals surface area (Å²) in [4.78, 5) is 25.3. The molecule has 0 N–H and O–H groups in total. The third-order valence-electron chi connectivity index (χ3n) is 3.83. The number of hydrogen-bond acceptors (Lipinski definition) is 4. The molecule has 1 unspecified atom stereocenters. The van der Waals surface area contributed by atoms with Crippen molar-refractivity contribution in [1.82, 2.24) is 4.90 Å². The maximum atomic E-state index is 12.4. The van der Waals surface area contributed by atoms with Crippen LogP contribution in [0.15, 0.2) is 30.3 Å². The summed E-state index contributed by atoms with van der Waals surface area (Å²) in [5.41, 5.74) is 0.161. The average Bonchev–Trinajstić information content (AvgIpc) is 2.53. The molecular weight excluding hydrogens is 294 g/mol. The Bertz CT molecular complexity index is 529. The average molecular weight is 320 g/mol. The van der Waals surface area contributed by atoms with Crippen molar-refractivity contribution in [3.63, 3.8) is 0 Å². The minimum absolute atomic E-state index is 0.277. The summed E-state index contributed by atoms with van der Waals surface area (Å²) in [5, 5.41) is 0. The first-order valence-corrected chi connectivity index (χ1v) is 7.78. The number of carbonyl (C=O) groups excluding carboxylic acids is 2. The molecule has 127 valence electrons. The van der Waals surface area contributed by atoms with Gasteiger partial charge in [-0.1, -0.05) is 51.1 Å². The first kappa shape index (κ1) is 19.0. The Balaban J connectivity index is 2.80. The van der Waals surface area contributed by atoms with Crippen molar-refractivity contribution in [2.75, 3.05) is 7.05 Å². The van der Waals surface area contributed by atoms with Crippen molar-refractivity contribution < 1.29 is 19.1 Å². The topological polar surface area (TPSA) is 55.8 Å². The molecular formula is C18H26NO4. The molecule has 0 spiro atoms. The first-order chi connectivity index (χ1) is 10.7. The zero-order chi connectivity index (χ0) is 17.6. The molecule has 0 heterocycles. The molecule has 0 saturated heterocycles. The van der Waals surface area contributed by atoms with Crippen molar-refractivity contribution in [2.24, 2.45) is 5.92 Å². The van der Waals surface area contributed by atoms with Crippen molar-refractivity contribution in [3.8, 4) is 0 Å². The zero-order valence-electron chi connectivity index (χ0n) is 14.5. The lowest BCUT2D eigenvalue weighted by Gasteiger charge is -2.38. The van der Waals surface area contributed by atoms with Crippen molar-refractivity contribution >= 4 is 12.1 Å². The summed E-state index contributed by atoms with van der Waals surface area (Å²) in [6, 6.07) is 9.55. The quantitative estimate of drug-likeness (QED) is 0.592. The van der Waals surface area contributed by atoms with Crippen molar-refractivity contribution in [1.29, 1.82) is 0 Å². The van der Waals surface area contributed by atoms with E-state index in [-0.39, 0.29) is 5.92 Å². The summed E-state index contributed by atoms with van der Waals surface area (Å²) < 4.78 is 10.3. The molecule has 1 amide bonds. The Morgan fingerprint density at radius 3 is 2.22 bits per heavy atom. The Morgan fingerprint density at radius 1 is 1.17 bits per heavy atom. The Labute approximate surface area is 138 Å². The molecule has 1 radical (unpaired) electrons. The summed E-state index contributed by atoms with van der Waals surface area (Å²) in [6.07, 6.45) is -0.922. The summed E-state index contributed by atoms with van der Waals surface area (Å²) in [7, 11) is 1.63. The number of hydrogen-bond donors (Lipinski definition) is 0. The minimum Gasteiger partial charge on any atom is -0.425 e. The molecule has 2 atom stereocenters. The van der Waals surface area contributed by atoms with E-state index in [4.69, 9.17) is 9.47 Å². The predicted molar refractivity (Wildman–Crippen MR) is 88.4 cm³/mol. The molecule has 0 saturated carbocycles. The normalized spacial score (nSPS) is 14.7. The second-order valence-electron chi connectivity index (χ2n) is 5.85. The maximum Gasteiger partial charge on any atom is 0.413 e. The number of esters is 1. The van der Waals surface area contributed by atoms with Gasteiger partial charge < -0.3 is 14.4 Å². The highest BCUT2D eigenvalue weighted by molar-refractivity contribution is 5.72. The molecule has 1 aromatic carbocycles. The Hall–Kier alpha value is -2.04. The SMILES string of the molecule is [CH2]C(CC)(c1ccccc1)N(C)C(=O)O[C@@H](C)OC(=O)C(C)C. The first-order valence-electron chi connectivity index (χ1n) is 7.78. The van der Waals surface area contributed by atoms with Gasteiger partial charge in [0.05, 0.1) is 11.5 Å². The van der Waals surface area contributed by atoms with Crippen LogP contribution in [0.3, 0.4) is 0 Å². The van der Waals surface area contributed by atoms with Gasteiger partial charge in [0.2, 0.25) is 6.29 Å². The predicted octanol–water partition coefficient (Wildman–Crippen LogP) is 3.74. The number of nitrogens with zero attached hydrogens (tertiary/aromatic N) is 1. The van der Waals surface area contributed by atoms with Crippen LogP contribution in [0.25, 0.3) is 0 Å². The van der Waals surface area contributed by atoms with Crippen LogP contribution in [0.4, 0.5) is 4.79 Å². The fourth-order valence-electron chi connectivity index (χ4n) is 2.10. The molecule has 23 heavy (non-hydrogen) atoms. The largest absolute Gasteiger partial charge is 0.425 e. The smallest absolute Gasteiger partial charge is 0.413 e. The number of ether oxygens (including phenoxy) is 2. The fraction of sp³-hybridized carbons (Fsp3) is 0.500. The summed E-state index contributed by atoms with van der Waals surface area (Å²) in [5.74, 6) is -0.687. The van der Waals surface area contributed by atoms with Crippen LogP contribution in [0.2, 0.25) is 0 Å². The molecule has 0 aliphatic rings. The number of rotatable bonds is 6. The van der Waals surface area contributed by atoms with Gasteiger partial charge in [0.15, 0.2) is 0 Å². The van der Waals surface area contributed by atoms with E-state index in [1.165, 1.54) is 11.8 Å². The summed E-state index contributed by atoms with van der Waals surface area (Å²) in [6.45, 7) is 11.1. The van der Waals surface area contributed by atoms with Crippen LogP contribution in [0, 0.1) is 12.8 Å². The van der Waals surface area contributed by atoms with E-state index >= 15 is 0 Å². The molecule has 1 rings (SSSR count). The number of amides is 1. The van der Waals surface area contributed by atoms with Gasteiger partial charge in [0.1, 0.15) is 0 Å². The van der Waals surface area contributed by atoms with Gasteiger partial charge in [0, 0.05) is 14.0 Å². The lowest BCUT2D eigenvalue weighted by molar-refractivity contribution is -0.170. The number of benzene rings is 1. The van der Waals surface area contributed by atoms with E-state index in [0.717, 1.165) is 5.56 Å². The molecule has 0 aromatic heterocycles. The van der Waals surface area contributed by atoms with Crippen LogP contribution in [0.5, 0.6) is 0 Å². The van der Waals surface area contributed by atoms with E-state index in [1.807, 2.05) is 37.3 Å². The molecule has 1 aromatic rings. The van der Waals surface area contributed by atoms with Gasteiger partial charge in [-0.3, -0.25) is 4.79 Å². The van der Waals surface area contributed by atoms with Crippen LogP contribution in [0.1, 0.15) is 39.7 Å². The minimum atomic E-state index is -0.947. The third kappa shape index (κ3) is 4.71. The second kappa shape index (κ2) is 7.99. The maximum absolute atomic E-state index is 12.4. The second-order valence-corrected chi connectivity index (χ2v) is 5.85. The van der Waals surface area contributed by atoms with E-state index < -0.39 is 23.9 Å². The third-order valence-corrected chi connectivity index (χ3v) is 3.83. The van der Waals surface area contributed by atoms with Gasteiger partial charge in [-0.05, 0) is 18.9 Å². The molecule has 0 aliphatic heterocycles. The Kier molecular flexibility index (Phi) is 6.61. The van der Waals surface area contributed by atoms with Crippen LogP contribution >= 0.6 is 0 Å². The van der Waals surface area contributed by atoms with Crippen LogP contribution < -0.4 is 0 Å². The van der Waals surface area contributed by atoms with Gasteiger partial charge in [0.25, 0.3) is 0 Å². The van der Waals surface area contributed by atoms with E-state index in [1.54, 1.807) is 20.9 Å². The van der Waals surface area contributed by atoms with Gasteiger partial charge in [-0.25, -0.2) is 4.79 Å². The van der Waals surface area contributed by atoms with Gasteiger partial charge in [-0.2, -0.15) is 0 Å². The Morgan fingerprint density at radius 2 is 1.74 bits per heavy atom. The van der Waals surface area contributed by atoms with Crippen LogP contribution in [-0.2, 0) is 19.8 Å². The van der Waals surface area contributed by atoms with Crippen molar-refractivity contribution in [2.45, 2.75) is 45.9 Å². The lowest BCUT2D eigenvalue weighted by Crippen LogP contribution is -2.46. The number of carbonyl (C=O) groups is 2. The van der Waals surface area contributed by atoms with E-state index in [9.17, 15) is 9.59 Å². The fourth-order valence-corrected chi connectivity index (χ4v) is 2.10. The standard InChI is InChI=1S/C18H26NO4/c1-7-18(5,15-11-9-8-10-12-15)19(6)17(21)23-14(4)22-16(20)13(2)3/h8-14H,5,7H2,1-4,6H3/t14-,18?/m0/s1. The highest BCUT2D eigenvalue weighted by Crippen LogP contribution is 2.30. The monoisotopic (exact) mass is 320 g/mol. The zero-order valence-corrected chi connectivity index (χ0v) is 14.5. The molecule has 0 bridgehead atoms. The van der Waals surface area contributed by atoms with Gasteiger partial charge in [-0.15, -0.1) is 0 Å². The van der Waals surface area contributed by atoms with Crippen LogP contribution in [-0.4, -0.2) is 30.3 Å². The highest BCUT2D eigenvalue weighted by Gasteiger charge is 2.34. The van der Waals surface area contributed by atoms with E-state index in [2.05, 4.69) is 6.92 Å². The van der Waals surface area contributed by atoms with Crippen molar-refractivity contribution in [3.05, 3.63) is 42.8 Å².